The Hall–Kier alpha value is -3.04. The van der Waals surface area contributed by atoms with Crippen molar-refractivity contribution < 1.29 is 26.4 Å². The van der Waals surface area contributed by atoms with E-state index in [0.29, 0.717) is 10.4 Å². The van der Waals surface area contributed by atoms with Crippen molar-refractivity contribution >= 4 is 33.2 Å². The van der Waals surface area contributed by atoms with Crippen molar-refractivity contribution in [1.29, 1.82) is 0 Å². The Bertz CT molecular complexity index is 1380. The molecule has 1 aliphatic rings. The molecule has 0 saturated heterocycles. The zero-order valence-corrected chi connectivity index (χ0v) is 20.9. The van der Waals surface area contributed by atoms with Gasteiger partial charge in [-0.05, 0) is 73.2 Å². The third-order valence-corrected chi connectivity index (χ3v) is 8.25. The highest BCUT2D eigenvalue weighted by molar-refractivity contribution is 7.92. The Morgan fingerprint density at radius 1 is 1.03 bits per heavy atom. The predicted octanol–water partition coefficient (Wildman–Crippen LogP) is 5.92. The molecule has 0 saturated carbocycles. The van der Waals surface area contributed by atoms with Crippen LogP contribution < -0.4 is 9.62 Å². The first-order valence-electron chi connectivity index (χ1n) is 11.3. The lowest BCUT2D eigenvalue weighted by Crippen LogP contribution is -2.41. The zero-order chi connectivity index (χ0) is 26.1. The number of benzene rings is 3. The number of anilines is 1. The minimum Gasteiger partial charge on any atom is -0.348 e. The third-order valence-electron chi connectivity index (χ3n) is 6.16. The first-order chi connectivity index (χ1) is 17.0. The van der Waals surface area contributed by atoms with Gasteiger partial charge in [-0.1, -0.05) is 48.0 Å². The summed E-state index contributed by atoms with van der Waals surface area (Å²) in [5, 5.41) is 2.53. The molecule has 36 heavy (non-hydrogen) atoms. The van der Waals surface area contributed by atoms with Gasteiger partial charge in [0.2, 0.25) is 5.91 Å². The van der Waals surface area contributed by atoms with Gasteiger partial charge in [-0.15, -0.1) is 0 Å². The fourth-order valence-electron chi connectivity index (χ4n) is 4.26. The molecule has 0 unspecified atom stereocenters. The fourth-order valence-corrected chi connectivity index (χ4v) is 5.98. The van der Waals surface area contributed by atoms with Gasteiger partial charge < -0.3 is 5.32 Å². The molecule has 0 aliphatic heterocycles. The molecule has 3 aromatic carbocycles. The van der Waals surface area contributed by atoms with Crippen molar-refractivity contribution in [2.45, 2.75) is 43.3 Å². The number of fused-ring (bicyclic) bond motifs is 1. The molecule has 0 spiro atoms. The van der Waals surface area contributed by atoms with Gasteiger partial charge in [0.1, 0.15) is 6.54 Å². The van der Waals surface area contributed by atoms with Crippen molar-refractivity contribution in [1.82, 2.24) is 5.32 Å². The summed E-state index contributed by atoms with van der Waals surface area (Å²) in [5.74, 6) is -0.684. The van der Waals surface area contributed by atoms with E-state index >= 15 is 0 Å². The summed E-state index contributed by atoms with van der Waals surface area (Å²) in [4.78, 5) is 12.9. The normalized spacial score (nSPS) is 14.2. The van der Waals surface area contributed by atoms with Gasteiger partial charge in [-0.3, -0.25) is 9.10 Å². The summed E-state index contributed by atoms with van der Waals surface area (Å²) in [5.41, 5.74) is 1.84. The second-order valence-electron chi connectivity index (χ2n) is 8.66. The number of hydrogen-bond acceptors (Lipinski definition) is 3. The van der Waals surface area contributed by atoms with E-state index in [0.717, 1.165) is 37.0 Å². The standard InChI is InChI=1S/C26H24ClF3N2O3S/c1-17(19-11-10-18-6-5-7-20(18)14-19)31-25(33)16-32(36(34,35)22-8-3-2-4-9-22)24-15-21(26(28,29)30)12-13-23(24)27/h2-4,8-15,17H,5-7,16H2,1H3,(H,31,33)/t17-/m0/s1. The van der Waals surface area contributed by atoms with Crippen LogP contribution in [-0.2, 0) is 33.8 Å². The second-order valence-corrected chi connectivity index (χ2v) is 10.9. The first-order valence-corrected chi connectivity index (χ1v) is 13.1. The summed E-state index contributed by atoms with van der Waals surface area (Å²) < 4.78 is 67.8. The first kappa shape index (κ1) is 26.0. The fraction of sp³-hybridized carbons (Fsp3) is 0.269. The summed E-state index contributed by atoms with van der Waals surface area (Å²) in [7, 11) is -4.42. The maximum absolute atomic E-state index is 13.5. The number of aryl methyl sites for hydroxylation is 2. The highest BCUT2D eigenvalue weighted by Crippen LogP contribution is 2.37. The number of nitrogens with zero attached hydrogens (tertiary/aromatic N) is 1. The molecule has 190 valence electrons. The molecule has 0 bridgehead atoms. The highest BCUT2D eigenvalue weighted by atomic mass is 35.5. The van der Waals surface area contributed by atoms with E-state index in [1.807, 2.05) is 18.2 Å². The second kappa shape index (κ2) is 10.1. The molecule has 0 radical (unpaired) electrons. The Balaban J connectivity index is 1.66. The molecule has 0 fully saturated rings. The molecule has 3 aromatic rings. The number of rotatable bonds is 7. The quantitative estimate of drug-likeness (QED) is 0.407. The van der Waals surface area contributed by atoms with E-state index in [4.69, 9.17) is 11.6 Å². The number of nitrogens with one attached hydrogen (secondary N) is 1. The number of hydrogen-bond donors (Lipinski definition) is 1. The lowest BCUT2D eigenvalue weighted by atomic mass is 10.0. The van der Waals surface area contributed by atoms with E-state index in [1.165, 1.54) is 35.4 Å². The van der Waals surface area contributed by atoms with E-state index < -0.39 is 45.9 Å². The number of sulfonamides is 1. The molecule has 5 nitrogen and oxygen atoms in total. The Morgan fingerprint density at radius 2 is 1.72 bits per heavy atom. The van der Waals surface area contributed by atoms with Crippen molar-refractivity contribution in [3.63, 3.8) is 0 Å². The van der Waals surface area contributed by atoms with Crippen molar-refractivity contribution in [3.05, 3.63) is 94.0 Å². The number of carbonyl (C=O) groups is 1. The SMILES string of the molecule is C[C@H](NC(=O)CN(c1cc(C(F)(F)F)ccc1Cl)S(=O)(=O)c1ccccc1)c1ccc2c(c1)CCC2. The van der Waals surface area contributed by atoms with Crippen LogP contribution in [0.5, 0.6) is 0 Å². The maximum Gasteiger partial charge on any atom is 0.416 e. The predicted molar refractivity (Wildman–Crippen MR) is 132 cm³/mol. The maximum atomic E-state index is 13.5. The van der Waals surface area contributed by atoms with Gasteiger partial charge >= 0.3 is 6.18 Å². The minimum absolute atomic E-state index is 0.182. The van der Waals surface area contributed by atoms with E-state index in [1.54, 1.807) is 13.0 Å². The van der Waals surface area contributed by atoms with Gasteiger partial charge in [0, 0.05) is 0 Å². The lowest BCUT2D eigenvalue weighted by molar-refractivity contribution is -0.137. The van der Waals surface area contributed by atoms with Crippen LogP contribution in [0.25, 0.3) is 0 Å². The van der Waals surface area contributed by atoms with Crippen LogP contribution in [0, 0.1) is 0 Å². The Morgan fingerprint density at radius 3 is 2.42 bits per heavy atom. The monoisotopic (exact) mass is 536 g/mol. The van der Waals surface area contributed by atoms with Crippen LogP contribution in [0.4, 0.5) is 18.9 Å². The van der Waals surface area contributed by atoms with Crippen molar-refractivity contribution in [2.75, 3.05) is 10.8 Å². The Labute approximate surface area is 212 Å². The van der Waals surface area contributed by atoms with Crippen molar-refractivity contribution in [3.8, 4) is 0 Å². The van der Waals surface area contributed by atoms with Gasteiger partial charge in [-0.2, -0.15) is 13.2 Å². The average Bonchev–Trinajstić information content (AvgIpc) is 3.31. The van der Waals surface area contributed by atoms with Gasteiger partial charge in [0.05, 0.1) is 27.2 Å². The number of alkyl halides is 3. The van der Waals surface area contributed by atoms with Crippen LogP contribution in [-0.4, -0.2) is 20.9 Å². The number of halogens is 4. The molecule has 0 heterocycles. The topological polar surface area (TPSA) is 66.5 Å². The molecule has 0 aromatic heterocycles. The van der Waals surface area contributed by atoms with E-state index in [9.17, 15) is 26.4 Å². The number of carbonyl (C=O) groups excluding carboxylic acids is 1. The van der Waals surface area contributed by atoms with Crippen LogP contribution in [0.2, 0.25) is 5.02 Å². The summed E-state index contributed by atoms with van der Waals surface area (Å²) in [6.07, 6.45) is -1.68. The summed E-state index contributed by atoms with van der Waals surface area (Å²) >= 11 is 6.17. The van der Waals surface area contributed by atoms with Crippen molar-refractivity contribution in [2.24, 2.45) is 0 Å². The summed E-state index contributed by atoms with van der Waals surface area (Å²) in [6, 6.07) is 15.1. The van der Waals surface area contributed by atoms with E-state index in [-0.39, 0.29) is 9.92 Å². The van der Waals surface area contributed by atoms with Gasteiger partial charge in [0.15, 0.2) is 0 Å². The molecule has 1 amide bonds. The van der Waals surface area contributed by atoms with Crippen LogP contribution in [0.1, 0.15) is 41.6 Å². The average molecular weight is 537 g/mol. The van der Waals surface area contributed by atoms with Gasteiger partial charge in [0.25, 0.3) is 10.0 Å². The largest absolute Gasteiger partial charge is 0.416 e. The van der Waals surface area contributed by atoms with Crippen LogP contribution in [0.15, 0.2) is 71.6 Å². The molecule has 1 N–H and O–H groups in total. The smallest absolute Gasteiger partial charge is 0.348 e. The molecule has 1 aliphatic carbocycles. The molecular weight excluding hydrogens is 513 g/mol. The zero-order valence-electron chi connectivity index (χ0n) is 19.3. The van der Waals surface area contributed by atoms with Crippen LogP contribution >= 0.6 is 11.6 Å². The molecular formula is C26H24ClF3N2O3S. The van der Waals surface area contributed by atoms with Crippen LogP contribution in [0.3, 0.4) is 0 Å². The molecule has 10 heteroatoms. The number of amides is 1. The lowest BCUT2D eigenvalue weighted by Gasteiger charge is -2.26. The van der Waals surface area contributed by atoms with Gasteiger partial charge in [-0.25, -0.2) is 8.42 Å². The third kappa shape index (κ3) is 5.52. The highest BCUT2D eigenvalue weighted by Gasteiger charge is 2.34. The molecule has 4 rings (SSSR count). The molecule has 1 atom stereocenters. The Kier molecular flexibility index (Phi) is 7.33. The summed E-state index contributed by atoms with van der Waals surface area (Å²) in [6.45, 7) is 1.01. The minimum atomic E-state index is -4.73. The van der Waals surface area contributed by atoms with E-state index in [2.05, 4.69) is 5.32 Å².